The Morgan fingerprint density at radius 3 is 1.69 bits per heavy atom. The lowest BCUT2D eigenvalue weighted by atomic mass is 9.45. The first-order valence-corrected chi connectivity index (χ1v) is 12.6. The van der Waals surface area contributed by atoms with Gasteiger partial charge in [0.15, 0.2) is 0 Å². The zero-order chi connectivity index (χ0) is 27.0. The lowest BCUT2D eigenvalue weighted by Crippen LogP contribution is -2.61. The number of hydrogen-bond donors (Lipinski definition) is 3. The first-order valence-electron chi connectivity index (χ1n) is 12.6. The molecular formula is C27H42O9. The van der Waals surface area contributed by atoms with Crippen molar-refractivity contribution in [2.24, 2.45) is 22.7 Å². The largest absolute Gasteiger partial charge is 0.502 e. The minimum absolute atomic E-state index is 0.0537. The maximum Gasteiger partial charge on any atom is 0.311 e. The molecule has 1 saturated carbocycles. The third kappa shape index (κ3) is 7.77. The van der Waals surface area contributed by atoms with Gasteiger partial charge < -0.3 is 29.5 Å². The quantitative estimate of drug-likeness (QED) is 0.140. The number of aliphatic carboxylic acids is 3. The molecule has 204 valence electrons. The molecule has 0 spiro atoms. The van der Waals surface area contributed by atoms with E-state index in [0.29, 0.717) is 64.8 Å². The van der Waals surface area contributed by atoms with Crippen LogP contribution in [0.4, 0.5) is 0 Å². The molecule has 3 N–H and O–H groups in total. The Hall–Kier alpha value is -2.97. The fourth-order valence-corrected chi connectivity index (χ4v) is 5.84. The maximum absolute atomic E-state index is 13.1. The monoisotopic (exact) mass is 510 g/mol. The summed E-state index contributed by atoms with van der Waals surface area (Å²) in [6, 6.07) is 0. The molecule has 0 bridgehead atoms. The van der Waals surface area contributed by atoms with Crippen molar-refractivity contribution in [3.63, 3.8) is 0 Å². The van der Waals surface area contributed by atoms with E-state index in [4.69, 9.17) is 14.2 Å². The van der Waals surface area contributed by atoms with Crippen LogP contribution in [0.5, 0.6) is 0 Å². The summed E-state index contributed by atoms with van der Waals surface area (Å²) >= 11 is 0. The van der Waals surface area contributed by atoms with E-state index in [1.165, 1.54) is 18.8 Å². The van der Waals surface area contributed by atoms with Crippen LogP contribution < -0.4 is 0 Å². The van der Waals surface area contributed by atoms with Crippen molar-refractivity contribution in [1.82, 2.24) is 0 Å². The topological polar surface area (TPSA) is 140 Å². The molecule has 0 amide bonds. The van der Waals surface area contributed by atoms with Gasteiger partial charge >= 0.3 is 17.9 Å². The van der Waals surface area contributed by atoms with Gasteiger partial charge in [-0.05, 0) is 76.5 Å². The van der Waals surface area contributed by atoms with Crippen LogP contribution >= 0.6 is 0 Å². The van der Waals surface area contributed by atoms with Crippen molar-refractivity contribution >= 4 is 17.9 Å². The van der Waals surface area contributed by atoms with E-state index >= 15 is 0 Å². The highest BCUT2D eigenvalue weighted by atomic mass is 16.5. The van der Waals surface area contributed by atoms with Gasteiger partial charge in [-0.3, -0.25) is 14.4 Å². The summed E-state index contributed by atoms with van der Waals surface area (Å²) in [6.07, 6.45) is 7.50. The van der Waals surface area contributed by atoms with Crippen LogP contribution in [-0.4, -0.2) is 53.0 Å². The summed E-state index contributed by atoms with van der Waals surface area (Å²) in [5.41, 5.74) is -3.34. The molecule has 0 saturated heterocycles. The Balaban J connectivity index is 3.45. The number of ether oxygens (including phenoxy) is 3. The number of carboxylic acid groups (broad SMARTS) is 3. The first-order chi connectivity index (χ1) is 17.2. The van der Waals surface area contributed by atoms with Crippen LogP contribution in [-0.2, 0) is 28.6 Å². The molecule has 1 aliphatic carbocycles. The fourth-order valence-electron chi connectivity index (χ4n) is 5.84. The van der Waals surface area contributed by atoms with E-state index in [-0.39, 0.29) is 25.7 Å². The molecule has 0 aromatic heterocycles. The van der Waals surface area contributed by atoms with Gasteiger partial charge in [0.05, 0.1) is 55.4 Å². The Morgan fingerprint density at radius 2 is 1.25 bits per heavy atom. The van der Waals surface area contributed by atoms with E-state index < -0.39 is 40.6 Å². The number of unbranched alkanes of at least 4 members (excludes halogenated alkanes) is 3. The van der Waals surface area contributed by atoms with Crippen molar-refractivity contribution in [3.05, 3.63) is 38.5 Å². The van der Waals surface area contributed by atoms with Gasteiger partial charge in [-0.25, -0.2) is 0 Å². The molecule has 9 heteroatoms. The summed E-state index contributed by atoms with van der Waals surface area (Å²) in [7, 11) is 0. The SMILES string of the molecule is C=COCCCCC1CC(C(=O)O)CC(CCCCOC=C)(C(=O)O)C1(CCCCOC=C)C(=O)O. The predicted octanol–water partition coefficient (Wildman–Crippen LogP) is 5.23. The zero-order valence-electron chi connectivity index (χ0n) is 21.2. The van der Waals surface area contributed by atoms with E-state index in [1.54, 1.807) is 0 Å². The minimum atomic E-state index is -1.73. The molecule has 4 atom stereocenters. The average Bonchev–Trinajstić information content (AvgIpc) is 2.83. The van der Waals surface area contributed by atoms with Crippen molar-refractivity contribution in [1.29, 1.82) is 0 Å². The summed E-state index contributed by atoms with van der Waals surface area (Å²) in [4.78, 5) is 38.3. The minimum Gasteiger partial charge on any atom is -0.502 e. The molecule has 0 aromatic rings. The molecule has 0 heterocycles. The van der Waals surface area contributed by atoms with Crippen molar-refractivity contribution < 1.29 is 43.9 Å². The second-order valence-corrected chi connectivity index (χ2v) is 9.36. The number of hydrogen-bond acceptors (Lipinski definition) is 6. The Bertz CT molecular complexity index is 750. The molecule has 1 rings (SSSR count). The van der Waals surface area contributed by atoms with Crippen molar-refractivity contribution in [3.8, 4) is 0 Å². The van der Waals surface area contributed by atoms with Crippen LogP contribution in [0.15, 0.2) is 38.5 Å². The van der Waals surface area contributed by atoms with Crippen LogP contribution in [0.1, 0.15) is 70.6 Å². The number of rotatable bonds is 21. The highest BCUT2D eigenvalue weighted by Gasteiger charge is 2.67. The van der Waals surface area contributed by atoms with Gasteiger partial charge in [-0.1, -0.05) is 19.7 Å². The third-order valence-electron chi connectivity index (χ3n) is 7.47. The van der Waals surface area contributed by atoms with Crippen LogP contribution in [0.25, 0.3) is 0 Å². The molecule has 9 nitrogen and oxygen atoms in total. The first kappa shape index (κ1) is 31.1. The fraction of sp³-hybridized carbons (Fsp3) is 0.667. The van der Waals surface area contributed by atoms with Gasteiger partial charge in [0.2, 0.25) is 0 Å². The van der Waals surface area contributed by atoms with Crippen LogP contribution in [0.3, 0.4) is 0 Å². The molecule has 0 radical (unpaired) electrons. The molecule has 1 aliphatic rings. The summed E-state index contributed by atoms with van der Waals surface area (Å²) in [5, 5.41) is 31.2. The maximum atomic E-state index is 13.1. The smallest absolute Gasteiger partial charge is 0.311 e. The number of carboxylic acids is 3. The van der Waals surface area contributed by atoms with Gasteiger partial charge in [0.25, 0.3) is 0 Å². The van der Waals surface area contributed by atoms with Gasteiger partial charge in [-0.15, -0.1) is 0 Å². The third-order valence-corrected chi connectivity index (χ3v) is 7.47. The lowest BCUT2D eigenvalue weighted by molar-refractivity contribution is -0.197. The van der Waals surface area contributed by atoms with E-state index in [2.05, 4.69) is 19.7 Å². The van der Waals surface area contributed by atoms with Gasteiger partial charge in [0.1, 0.15) is 0 Å². The van der Waals surface area contributed by atoms with Gasteiger partial charge in [-0.2, -0.15) is 0 Å². The summed E-state index contributed by atoms with van der Waals surface area (Å²) < 4.78 is 15.5. The molecule has 4 unspecified atom stereocenters. The Labute approximate surface area is 213 Å². The molecule has 0 aromatic carbocycles. The van der Waals surface area contributed by atoms with E-state index in [1.807, 2.05) is 0 Å². The molecule has 1 fully saturated rings. The van der Waals surface area contributed by atoms with E-state index in [9.17, 15) is 29.7 Å². The van der Waals surface area contributed by atoms with Crippen molar-refractivity contribution in [2.45, 2.75) is 70.6 Å². The average molecular weight is 511 g/mol. The van der Waals surface area contributed by atoms with Crippen LogP contribution in [0, 0.1) is 22.7 Å². The molecule has 36 heavy (non-hydrogen) atoms. The second kappa shape index (κ2) is 15.9. The summed E-state index contributed by atoms with van der Waals surface area (Å²) in [5.74, 6) is -5.06. The summed E-state index contributed by atoms with van der Waals surface area (Å²) in [6.45, 7) is 11.6. The molecule has 0 aliphatic heterocycles. The van der Waals surface area contributed by atoms with E-state index in [0.717, 1.165) is 0 Å². The Kier molecular flexibility index (Phi) is 13.7. The lowest BCUT2D eigenvalue weighted by Gasteiger charge is -2.55. The van der Waals surface area contributed by atoms with Crippen molar-refractivity contribution in [2.75, 3.05) is 19.8 Å². The standard InChI is InChI=1S/C27H42O9/c1-4-34-16-10-7-13-22-19-21(23(28)29)20-26(24(30)31,14-8-11-17-35-5-2)27(22,25(32)33)15-9-12-18-36-6-3/h4-6,21-22H,1-3,7-20H2,(H,28,29)(H,30,31)(H,32,33). The highest BCUT2D eigenvalue weighted by molar-refractivity contribution is 5.88. The van der Waals surface area contributed by atoms with Crippen LogP contribution in [0.2, 0.25) is 0 Å². The zero-order valence-corrected chi connectivity index (χ0v) is 21.2. The highest BCUT2D eigenvalue weighted by Crippen LogP contribution is 2.62. The number of carbonyl (C=O) groups is 3. The predicted molar refractivity (Wildman–Crippen MR) is 134 cm³/mol. The Morgan fingerprint density at radius 1 is 0.750 bits per heavy atom. The normalized spacial score (nSPS) is 25.3. The van der Waals surface area contributed by atoms with Gasteiger partial charge in [0, 0.05) is 0 Å². The second-order valence-electron chi connectivity index (χ2n) is 9.36. The molecular weight excluding hydrogens is 468 g/mol.